The second kappa shape index (κ2) is 6.42. The van der Waals surface area contributed by atoms with E-state index in [-0.39, 0.29) is 5.54 Å². The van der Waals surface area contributed by atoms with Crippen molar-refractivity contribution in [1.82, 2.24) is 0 Å². The van der Waals surface area contributed by atoms with Gasteiger partial charge in [0, 0.05) is 24.3 Å². The molecule has 2 rings (SSSR count). The van der Waals surface area contributed by atoms with Crippen LogP contribution in [0.4, 0.5) is 5.69 Å². The van der Waals surface area contributed by atoms with Crippen molar-refractivity contribution in [3.63, 3.8) is 0 Å². The highest BCUT2D eigenvalue weighted by Gasteiger charge is 2.36. The van der Waals surface area contributed by atoms with Gasteiger partial charge in [0.2, 0.25) is 0 Å². The first kappa shape index (κ1) is 14.4. The first-order valence-electron chi connectivity index (χ1n) is 7.72. The van der Waals surface area contributed by atoms with E-state index in [9.17, 15) is 0 Å². The highest BCUT2D eigenvalue weighted by molar-refractivity contribution is 5.49. The summed E-state index contributed by atoms with van der Waals surface area (Å²) < 4.78 is 0. The van der Waals surface area contributed by atoms with Gasteiger partial charge in [-0.05, 0) is 37.8 Å². The van der Waals surface area contributed by atoms with E-state index in [1.54, 1.807) is 0 Å². The van der Waals surface area contributed by atoms with E-state index < -0.39 is 0 Å². The molecule has 2 heteroatoms. The SMILES string of the molecule is CCCCN(c1ccccc1)C(C)(CN)CC1CC1. The molecule has 19 heavy (non-hydrogen) atoms. The summed E-state index contributed by atoms with van der Waals surface area (Å²) in [7, 11) is 0. The number of benzene rings is 1. The van der Waals surface area contributed by atoms with Gasteiger partial charge in [-0.25, -0.2) is 0 Å². The molecule has 2 nitrogen and oxygen atoms in total. The molecule has 0 spiro atoms. The van der Waals surface area contributed by atoms with Gasteiger partial charge in [0.1, 0.15) is 0 Å². The van der Waals surface area contributed by atoms with Crippen LogP contribution in [0.3, 0.4) is 0 Å². The average Bonchev–Trinajstić information content (AvgIpc) is 3.24. The van der Waals surface area contributed by atoms with Gasteiger partial charge >= 0.3 is 0 Å². The summed E-state index contributed by atoms with van der Waals surface area (Å²) in [5.41, 5.74) is 7.58. The largest absolute Gasteiger partial charge is 0.365 e. The number of nitrogens with two attached hydrogens (primary N) is 1. The molecule has 0 saturated heterocycles. The Hall–Kier alpha value is -1.02. The molecule has 1 aromatic carbocycles. The normalized spacial score (nSPS) is 18.1. The van der Waals surface area contributed by atoms with Crippen LogP contribution in [-0.4, -0.2) is 18.6 Å². The third kappa shape index (κ3) is 3.73. The number of unbranched alkanes of at least 4 members (excludes halogenated alkanes) is 1. The number of hydrogen-bond donors (Lipinski definition) is 1. The van der Waals surface area contributed by atoms with E-state index in [1.165, 1.54) is 37.8 Å². The molecule has 0 heterocycles. The molecule has 1 unspecified atom stereocenters. The molecular weight excluding hydrogens is 232 g/mol. The lowest BCUT2D eigenvalue weighted by molar-refractivity contribution is 0.376. The zero-order valence-electron chi connectivity index (χ0n) is 12.4. The monoisotopic (exact) mass is 260 g/mol. The fourth-order valence-electron chi connectivity index (χ4n) is 2.88. The Morgan fingerprint density at radius 3 is 2.47 bits per heavy atom. The third-order valence-electron chi connectivity index (χ3n) is 4.32. The van der Waals surface area contributed by atoms with Crippen molar-refractivity contribution < 1.29 is 0 Å². The lowest BCUT2D eigenvalue weighted by atomic mass is 9.91. The van der Waals surface area contributed by atoms with Gasteiger partial charge in [-0.1, -0.05) is 44.4 Å². The maximum absolute atomic E-state index is 6.15. The summed E-state index contributed by atoms with van der Waals surface area (Å²) in [4.78, 5) is 2.55. The van der Waals surface area contributed by atoms with Crippen molar-refractivity contribution >= 4 is 5.69 Å². The molecule has 0 aromatic heterocycles. The van der Waals surface area contributed by atoms with Crippen LogP contribution in [0.5, 0.6) is 0 Å². The molecule has 2 N–H and O–H groups in total. The molecule has 0 aliphatic heterocycles. The Morgan fingerprint density at radius 1 is 1.26 bits per heavy atom. The van der Waals surface area contributed by atoms with Crippen molar-refractivity contribution in [2.75, 3.05) is 18.0 Å². The summed E-state index contributed by atoms with van der Waals surface area (Å²) in [5.74, 6) is 0.904. The second-order valence-corrected chi connectivity index (χ2v) is 6.19. The van der Waals surface area contributed by atoms with Crippen LogP contribution in [0.1, 0.15) is 46.0 Å². The molecule has 1 fully saturated rings. The number of para-hydroxylation sites is 1. The molecule has 1 saturated carbocycles. The highest BCUT2D eigenvalue weighted by Crippen LogP contribution is 2.40. The minimum atomic E-state index is 0.109. The van der Waals surface area contributed by atoms with E-state index in [2.05, 4.69) is 49.1 Å². The third-order valence-corrected chi connectivity index (χ3v) is 4.32. The quantitative estimate of drug-likeness (QED) is 0.770. The fourth-order valence-corrected chi connectivity index (χ4v) is 2.88. The maximum atomic E-state index is 6.15. The van der Waals surface area contributed by atoms with Crippen molar-refractivity contribution in [3.8, 4) is 0 Å². The summed E-state index contributed by atoms with van der Waals surface area (Å²) >= 11 is 0. The van der Waals surface area contributed by atoms with Crippen molar-refractivity contribution in [3.05, 3.63) is 30.3 Å². The van der Waals surface area contributed by atoms with Crippen molar-refractivity contribution in [1.29, 1.82) is 0 Å². The van der Waals surface area contributed by atoms with E-state index in [1.807, 2.05) is 0 Å². The molecule has 1 aliphatic rings. The molecular formula is C17H28N2. The van der Waals surface area contributed by atoms with Crippen molar-refractivity contribution in [2.45, 2.75) is 51.5 Å². The second-order valence-electron chi connectivity index (χ2n) is 6.19. The van der Waals surface area contributed by atoms with Crippen LogP contribution >= 0.6 is 0 Å². The summed E-state index contributed by atoms with van der Waals surface area (Å²) in [6.45, 7) is 6.45. The minimum Gasteiger partial charge on any atom is -0.365 e. The van der Waals surface area contributed by atoms with Crippen LogP contribution in [0.2, 0.25) is 0 Å². The first-order valence-corrected chi connectivity index (χ1v) is 7.72. The predicted octanol–water partition coefficient (Wildman–Crippen LogP) is 3.81. The van der Waals surface area contributed by atoms with Crippen molar-refractivity contribution in [2.24, 2.45) is 11.7 Å². The number of hydrogen-bond acceptors (Lipinski definition) is 2. The summed E-state index contributed by atoms with van der Waals surface area (Å²) in [6, 6.07) is 10.8. The molecule has 106 valence electrons. The molecule has 1 atom stereocenters. The Bertz CT molecular complexity index is 372. The van der Waals surface area contributed by atoms with Gasteiger partial charge < -0.3 is 10.6 Å². The van der Waals surface area contributed by atoms with E-state index in [4.69, 9.17) is 5.73 Å². The van der Waals surface area contributed by atoms with Crippen LogP contribution in [0.25, 0.3) is 0 Å². The lowest BCUT2D eigenvalue weighted by Crippen LogP contribution is -2.52. The minimum absolute atomic E-state index is 0.109. The Morgan fingerprint density at radius 2 is 1.95 bits per heavy atom. The molecule has 0 radical (unpaired) electrons. The fraction of sp³-hybridized carbons (Fsp3) is 0.647. The Balaban J connectivity index is 2.18. The van der Waals surface area contributed by atoms with Gasteiger partial charge in [0.15, 0.2) is 0 Å². The van der Waals surface area contributed by atoms with Gasteiger partial charge in [0.05, 0.1) is 0 Å². The van der Waals surface area contributed by atoms with E-state index in [0.29, 0.717) is 0 Å². The highest BCUT2D eigenvalue weighted by atomic mass is 15.2. The zero-order valence-corrected chi connectivity index (χ0v) is 12.4. The zero-order chi connectivity index (χ0) is 13.7. The summed E-state index contributed by atoms with van der Waals surface area (Å²) in [5, 5.41) is 0. The van der Waals surface area contributed by atoms with E-state index >= 15 is 0 Å². The topological polar surface area (TPSA) is 29.3 Å². The molecule has 1 aromatic rings. The predicted molar refractivity (Wildman–Crippen MR) is 83.5 cm³/mol. The lowest BCUT2D eigenvalue weighted by Gasteiger charge is -2.43. The van der Waals surface area contributed by atoms with Gasteiger partial charge in [-0.2, -0.15) is 0 Å². The first-order chi connectivity index (χ1) is 9.19. The van der Waals surface area contributed by atoms with Crippen LogP contribution in [0, 0.1) is 5.92 Å². The molecule has 0 amide bonds. The Kier molecular flexibility index (Phi) is 4.87. The maximum Gasteiger partial charge on any atom is 0.0498 e. The Labute approximate surface area is 118 Å². The molecule has 1 aliphatic carbocycles. The summed E-state index contributed by atoms with van der Waals surface area (Å²) in [6.07, 6.45) is 6.49. The number of rotatable bonds is 8. The number of nitrogens with zero attached hydrogens (tertiary/aromatic N) is 1. The van der Waals surface area contributed by atoms with Crippen LogP contribution < -0.4 is 10.6 Å². The standard InChI is InChI=1S/C17H28N2/c1-3-4-12-19(16-8-6-5-7-9-16)17(2,14-18)13-15-10-11-15/h5-9,15H,3-4,10-14,18H2,1-2H3. The number of anilines is 1. The molecule has 0 bridgehead atoms. The van der Waals surface area contributed by atoms with Gasteiger partial charge in [-0.15, -0.1) is 0 Å². The van der Waals surface area contributed by atoms with Gasteiger partial charge in [0.25, 0.3) is 0 Å². The van der Waals surface area contributed by atoms with Gasteiger partial charge in [-0.3, -0.25) is 0 Å². The van der Waals surface area contributed by atoms with Crippen LogP contribution in [0.15, 0.2) is 30.3 Å². The van der Waals surface area contributed by atoms with E-state index in [0.717, 1.165) is 19.0 Å². The average molecular weight is 260 g/mol. The smallest absolute Gasteiger partial charge is 0.0498 e. The van der Waals surface area contributed by atoms with Crippen LogP contribution in [-0.2, 0) is 0 Å².